The van der Waals surface area contributed by atoms with E-state index in [1.807, 2.05) is 31.2 Å². The van der Waals surface area contributed by atoms with E-state index in [1.54, 1.807) is 0 Å². The van der Waals surface area contributed by atoms with Crippen molar-refractivity contribution in [2.75, 3.05) is 24.6 Å². The second-order valence-corrected chi connectivity index (χ2v) is 8.50. The van der Waals surface area contributed by atoms with Crippen LogP contribution in [0, 0.1) is 0 Å². The van der Waals surface area contributed by atoms with Gasteiger partial charge < -0.3 is 5.73 Å². The van der Waals surface area contributed by atoms with Gasteiger partial charge in [0, 0.05) is 29.6 Å². The molecule has 0 spiro atoms. The van der Waals surface area contributed by atoms with Crippen molar-refractivity contribution in [1.29, 1.82) is 0 Å². The Labute approximate surface area is 129 Å². The Morgan fingerprint density at radius 2 is 2.15 bits per heavy atom. The highest BCUT2D eigenvalue weighted by Gasteiger charge is 2.28. The average Bonchev–Trinajstić information content (AvgIpc) is 2.37. The van der Waals surface area contributed by atoms with E-state index in [1.165, 1.54) is 0 Å². The highest BCUT2D eigenvalue weighted by Crippen LogP contribution is 2.24. The molecule has 2 N–H and O–H groups in total. The van der Waals surface area contributed by atoms with E-state index >= 15 is 0 Å². The molecule has 1 aliphatic rings. The molecule has 1 aliphatic heterocycles. The smallest absolute Gasteiger partial charge is 0.153 e. The lowest BCUT2D eigenvalue weighted by molar-refractivity contribution is 0.218. The number of halogens is 1. The number of nitrogens with zero attached hydrogens (tertiary/aromatic N) is 1. The summed E-state index contributed by atoms with van der Waals surface area (Å²) in [6, 6.07) is 8.02. The number of benzene rings is 1. The number of sulfone groups is 1. The van der Waals surface area contributed by atoms with E-state index in [0.29, 0.717) is 6.54 Å². The summed E-state index contributed by atoms with van der Waals surface area (Å²) in [7, 11) is -2.84. The molecule has 1 aromatic rings. The van der Waals surface area contributed by atoms with Gasteiger partial charge in [-0.3, -0.25) is 4.90 Å². The van der Waals surface area contributed by atoms with Gasteiger partial charge in [0.1, 0.15) is 0 Å². The minimum Gasteiger partial charge on any atom is -0.324 e. The number of nitrogens with two attached hydrogens (primary N) is 1. The molecule has 0 aliphatic carbocycles. The molecular weight excluding hydrogens is 340 g/mol. The Bertz CT molecular complexity index is 562. The van der Waals surface area contributed by atoms with Crippen molar-refractivity contribution in [3.05, 3.63) is 34.3 Å². The molecule has 0 amide bonds. The van der Waals surface area contributed by atoms with Crippen LogP contribution in [0.1, 0.15) is 24.9 Å². The zero-order valence-corrected chi connectivity index (χ0v) is 14.0. The third-order valence-electron chi connectivity index (χ3n) is 3.84. The number of hydrogen-bond donors (Lipinski definition) is 1. The first-order chi connectivity index (χ1) is 9.39. The fourth-order valence-electron chi connectivity index (χ4n) is 2.60. The van der Waals surface area contributed by atoms with Crippen LogP contribution >= 0.6 is 15.9 Å². The summed E-state index contributed by atoms with van der Waals surface area (Å²) in [5.74, 6) is 0.527. The van der Waals surface area contributed by atoms with E-state index < -0.39 is 9.84 Å². The second kappa shape index (κ2) is 6.56. The SMILES string of the molecule is CC1CS(=O)(=O)CCN1CCC(N)c1ccccc1Br. The van der Waals surface area contributed by atoms with E-state index in [9.17, 15) is 8.42 Å². The van der Waals surface area contributed by atoms with E-state index in [-0.39, 0.29) is 23.6 Å². The fourth-order valence-corrected chi connectivity index (χ4v) is 4.81. The quantitative estimate of drug-likeness (QED) is 0.891. The topological polar surface area (TPSA) is 63.4 Å². The summed E-state index contributed by atoms with van der Waals surface area (Å²) in [6.45, 7) is 3.42. The average molecular weight is 361 g/mol. The molecule has 2 atom stereocenters. The van der Waals surface area contributed by atoms with E-state index in [0.717, 1.165) is 23.0 Å². The molecule has 1 fully saturated rings. The number of rotatable bonds is 4. The normalized spacial score (nSPS) is 24.4. The van der Waals surface area contributed by atoms with Crippen molar-refractivity contribution < 1.29 is 8.42 Å². The zero-order chi connectivity index (χ0) is 14.8. The molecule has 1 saturated heterocycles. The van der Waals surface area contributed by atoms with Gasteiger partial charge in [-0.2, -0.15) is 0 Å². The van der Waals surface area contributed by atoms with Gasteiger partial charge in [-0.25, -0.2) is 8.42 Å². The monoisotopic (exact) mass is 360 g/mol. The number of hydrogen-bond acceptors (Lipinski definition) is 4. The lowest BCUT2D eigenvalue weighted by Gasteiger charge is -2.33. The maximum atomic E-state index is 11.6. The van der Waals surface area contributed by atoms with Gasteiger partial charge in [0.05, 0.1) is 11.5 Å². The Morgan fingerprint density at radius 3 is 2.80 bits per heavy atom. The standard InChI is InChI=1S/C14H21BrN2O2S/c1-11-10-20(18,19)9-8-17(11)7-6-14(16)12-4-2-3-5-13(12)15/h2-5,11,14H,6-10,16H2,1H3. The van der Waals surface area contributed by atoms with Crippen LogP contribution in [0.15, 0.2) is 28.7 Å². The minimum atomic E-state index is -2.84. The highest BCUT2D eigenvalue weighted by atomic mass is 79.9. The molecule has 0 saturated carbocycles. The predicted octanol–water partition coefficient (Wildman–Crippen LogP) is 1.96. The van der Waals surface area contributed by atoms with Crippen LogP contribution in [0.4, 0.5) is 0 Å². The van der Waals surface area contributed by atoms with Crippen LogP contribution in [-0.2, 0) is 9.84 Å². The molecule has 2 unspecified atom stereocenters. The van der Waals surface area contributed by atoms with Crippen LogP contribution in [0.2, 0.25) is 0 Å². The van der Waals surface area contributed by atoms with E-state index in [2.05, 4.69) is 20.8 Å². The summed E-state index contributed by atoms with van der Waals surface area (Å²) >= 11 is 3.52. The van der Waals surface area contributed by atoms with Crippen molar-refractivity contribution in [2.24, 2.45) is 5.73 Å². The Balaban J connectivity index is 1.91. The maximum Gasteiger partial charge on any atom is 0.153 e. The van der Waals surface area contributed by atoms with Gasteiger partial charge in [-0.1, -0.05) is 34.1 Å². The van der Waals surface area contributed by atoms with Crippen molar-refractivity contribution in [3.8, 4) is 0 Å². The minimum absolute atomic E-state index is 0.0312. The van der Waals surface area contributed by atoms with Crippen molar-refractivity contribution >= 4 is 25.8 Å². The van der Waals surface area contributed by atoms with Gasteiger partial charge in [0.25, 0.3) is 0 Å². The van der Waals surface area contributed by atoms with Crippen molar-refractivity contribution in [3.63, 3.8) is 0 Å². The fraction of sp³-hybridized carbons (Fsp3) is 0.571. The maximum absolute atomic E-state index is 11.6. The first kappa shape index (κ1) is 15.9. The molecule has 0 radical (unpaired) electrons. The van der Waals surface area contributed by atoms with Gasteiger partial charge in [-0.05, 0) is 25.0 Å². The molecule has 6 heteroatoms. The van der Waals surface area contributed by atoms with Gasteiger partial charge in [0.2, 0.25) is 0 Å². The summed E-state index contributed by atoms with van der Waals surface area (Å²) in [6.07, 6.45) is 0.826. The molecule has 2 rings (SSSR count). The van der Waals surface area contributed by atoms with Crippen LogP contribution in [0.25, 0.3) is 0 Å². The lowest BCUT2D eigenvalue weighted by atomic mass is 10.0. The third kappa shape index (κ3) is 4.04. The molecule has 0 bridgehead atoms. The zero-order valence-electron chi connectivity index (χ0n) is 11.6. The molecule has 0 aromatic heterocycles. The first-order valence-corrected chi connectivity index (χ1v) is 9.45. The predicted molar refractivity (Wildman–Crippen MR) is 85.4 cm³/mol. The summed E-state index contributed by atoms with van der Waals surface area (Å²) in [5, 5.41) is 0. The first-order valence-electron chi connectivity index (χ1n) is 6.83. The van der Waals surface area contributed by atoms with Crippen LogP contribution in [0.5, 0.6) is 0 Å². The summed E-state index contributed by atoms with van der Waals surface area (Å²) < 4.78 is 24.1. The van der Waals surface area contributed by atoms with Crippen LogP contribution in [-0.4, -0.2) is 44.0 Å². The molecular formula is C14H21BrN2O2S. The molecule has 1 aromatic carbocycles. The highest BCUT2D eigenvalue weighted by molar-refractivity contribution is 9.10. The van der Waals surface area contributed by atoms with Crippen molar-refractivity contribution in [2.45, 2.75) is 25.4 Å². The second-order valence-electron chi connectivity index (χ2n) is 5.42. The van der Waals surface area contributed by atoms with Gasteiger partial charge in [0.15, 0.2) is 9.84 Å². The Morgan fingerprint density at radius 1 is 1.45 bits per heavy atom. The molecule has 20 heavy (non-hydrogen) atoms. The van der Waals surface area contributed by atoms with Gasteiger partial charge >= 0.3 is 0 Å². The molecule has 1 heterocycles. The van der Waals surface area contributed by atoms with Crippen LogP contribution in [0.3, 0.4) is 0 Å². The Kier molecular flexibility index (Phi) is 5.23. The van der Waals surface area contributed by atoms with Gasteiger partial charge in [-0.15, -0.1) is 0 Å². The summed E-state index contributed by atoms with van der Waals surface area (Å²) in [4.78, 5) is 2.22. The Hall–Kier alpha value is -0.430. The van der Waals surface area contributed by atoms with E-state index in [4.69, 9.17) is 5.73 Å². The largest absolute Gasteiger partial charge is 0.324 e. The molecule has 112 valence electrons. The molecule has 4 nitrogen and oxygen atoms in total. The lowest BCUT2D eigenvalue weighted by Crippen LogP contribution is -2.47. The van der Waals surface area contributed by atoms with Crippen LogP contribution < -0.4 is 5.73 Å². The third-order valence-corrected chi connectivity index (χ3v) is 6.36. The van der Waals surface area contributed by atoms with Crippen molar-refractivity contribution in [1.82, 2.24) is 4.90 Å². The summed E-state index contributed by atoms with van der Waals surface area (Å²) in [5.41, 5.74) is 7.34.